The van der Waals surface area contributed by atoms with Crippen LogP contribution in [0.1, 0.15) is 19.6 Å². The van der Waals surface area contributed by atoms with Crippen LogP contribution in [-0.4, -0.2) is 33.7 Å². The molecule has 3 unspecified atom stereocenters. The van der Waals surface area contributed by atoms with Gasteiger partial charge in [-0.25, -0.2) is 4.99 Å². The lowest BCUT2D eigenvalue weighted by Gasteiger charge is -2.19. The highest BCUT2D eigenvalue weighted by Gasteiger charge is 2.35. The molecular formula is C15H17N5O3. The van der Waals surface area contributed by atoms with Gasteiger partial charge in [0.25, 0.3) is 5.56 Å². The minimum absolute atomic E-state index is 0.00870. The van der Waals surface area contributed by atoms with Gasteiger partial charge < -0.3 is 25.5 Å². The third kappa shape index (κ3) is 2.10. The first-order valence-electron chi connectivity index (χ1n) is 7.49. The minimum Gasteiger partial charge on any atom is -0.398 e. The van der Waals surface area contributed by atoms with Crippen LogP contribution >= 0.6 is 0 Å². The summed E-state index contributed by atoms with van der Waals surface area (Å²) >= 11 is 0. The van der Waals surface area contributed by atoms with E-state index in [4.69, 9.17) is 10.5 Å². The van der Waals surface area contributed by atoms with Crippen LogP contribution in [0.25, 0.3) is 10.8 Å². The summed E-state index contributed by atoms with van der Waals surface area (Å²) < 4.78 is 7.84. The molecule has 3 atom stereocenters. The molecule has 8 nitrogen and oxygen atoms in total. The number of hydrogen-bond donors (Lipinski definition) is 3. The van der Waals surface area contributed by atoms with Gasteiger partial charge in [0, 0.05) is 29.3 Å². The molecule has 4 rings (SSSR count). The van der Waals surface area contributed by atoms with Gasteiger partial charge in [-0.05, 0) is 6.42 Å². The number of anilines is 2. The third-order valence-electron chi connectivity index (χ3n) is 4.37. The second-order valence-corrected chi connectivity index (χ2v) is 5.99. The van der Waals surface area contributed by atoms with Crippen LogP contribution in [0.4, 0.5) is 17.3 Å². The van der Waals surface area contributed by atoms with Crippen LogP contribution in [0.5, 0.6) is 0 Å². The number of nitrogen functional groups attached to an aromatic ring is 1. The number of ether oxygens (including phenoxy) is 1. The molecule has 0 spiro atoms. The second-order valence-electron chi connectivity index (χ2n) is 5.99. The van der Waals surface area contributed by atoms with Crippen LogP contribution < -0.4 is 16.6 Å². The first kappa shape index (κ1) is 14.2. The van der Waals surface area contributed by atoms with E-state index in [2.05, 4.69) is 22.2 Å². The van der Waals surface area contributed by atoms with Gasteiger partial charge in [-0.1, -0.05) is 6.92 Å². The Hall–Kier alpha value is -2.45. The van der Waals surface area contributed by atoms with E-state index in [1.807, 2.05) is 10.8 Å². The van der Waals surface area contributed by atoms with Crippen LogP contribution in [-0.2, 0) is 4.74 Å². The van der Waals surface area contributed by atoms with Gasteiger partial charge in [0.1, 0.15) is 17.9 Å². The fourth-order valence-corrected chi connectivity index (χ4v) is 3.34. The number of nitrogens with one attached hydrogen (secondary N) is 1. The first-order valence-corrected chi connectivity index (χ1v) is 7.49. The SMILES string of the molecule is CC1CC(CO)OC1n1cc2c(N)cc(=O)nc3c2c1N=CN3. The van der Waals surface area contributed by atoms with Gasteiger partial charge in [0.15, 0.2) is 0 Å². The van der Waals surface area contributed by atoms with E-state index in [9.17, 15) is 9.90 Å². The van der Waals surface area contributed by atoms with E-state index in [1.165, 1.54) is 12.4 Å². The lowest BCUT2D eigenvalue weighted by Crippen LogP contribution is -2.15. The average Bonchev–Trinajstić information content (AvgIpc) is 3.04. The van der Waals surface area contributed by atoms with Crippen molar-refractivity contribution in [3.05, 3.63) is 22.6 Å². The van der Waals surface area contributed by atoms with Crippen LogP contribution in [0.15, 0.2) is 22.1 Å². The fraction of sp³-hybridized carbons (Fsp3) is 0.400. The molecular weight excluding hydrogens is 298 g/mol. The molecule has 0 amide bonds. The van der Waals surface area contributed by atoms with E-state index in [-0.39, 0.29) is 24.9 Å². The summed E-state index contributed by atoms with van der Waals surface area (Å²) in [4.78, 5) is 20.2. The Kier molecular flexibility index (Phi) is 3.10. The summed E-state index contributed by atoms with van der Waals surface area (Å²) in [6, 6.07) is 1.31. The van der Waals surface area contributed by atoms with Crippen LogP contribution in [0.3, 0.4) is 0 Å². The van der Waals surface area contributed by atoms with Gasteiger partial charge in [0.2, 0.25) is 0 Å². The molecule has 4 heterocycles. The number of aliphatic hydroxyl groups is 1. The maximum absolute atomic E-state index is 11.8. The molecule has 2 aliphatic rings. The fourth-order valence-electron chi connectivity index (χ4n) is 3.34. The topological polar surface area (TPSA) is 115 Å². The number of aromatic nitrogens is 2. The van der Waals surface area contributed by atoms with Crippen molar-refractivity contribution in [2.75, 3.05) is 17.7 Å². The Labute approximate surface area is 131 Å². The highest BCUT2D eigenvalue weighted by molar-refractivity contribution is 6.10. The van der Waals surface area contributed by atoms with Gasteiger partial charge >= 0.3 is 0 Å². The molecule has 120 valence electrons. The lowest BCUT2D eigenvalue weighted by atomic mass is 10.1. The molecule has 23 heavy (non-hydrogen) atoms. The minimum atomic E-state index is -0.403. The van der Waals surface area contributed by atoms with Gasteiger partial charge in [-0.15, -0.1) is 0 Å². The quantitative estimate of drug-likeness (QED) is 0.761. The lowest BCUT2D eigenvalue weighted by molar-refractivity contribution is -0.0299. The Bertz CT molecular complexity index is 876. The Morgan fingerprint density at radius 2 is 2.39 bits per heavy atom. The van der Waals surface area contributed by atoms with Crippen molar-refractivity contribution in [1.29, 1.82) is 0 Å². The highest BCUT2D eigenvalue weighted by atomic mass is 16.5. The van der Waals surface area contributed by atoms with E-state index in [1.54, 1.807) is 0 Å². The molecule has 0 radical (unpaired) electrons. The zero-order chi connectivity index (χ0) is 16.1. The Morgan fingerprint density at radius 1 is 1.57 bits per heavy atom. The van der Waals surface area contributed by atoms with Gasteiger partial charge in [-0.2, -0.15) is 4.98 Å². The molecule has 2 aromatic heterocycles. The van der Waals surface area contributed by atoms with Gasteiger partial charge in [-0.3, -0.25) is 4.79 Å². The normalized spacial score (nSPS) is 25.7. The zero-order valence-electron chi connectivity index (χ0n) is 12.6. The van der Waals surface area contributed by atoms with E-state index in [0.29, 0.717) is 28.1 Å². The van der Waals surface area contributed by atoms with Crippen LogP contribution in [0.2, 0.25) is 0 Å². The molecule has 4 N–H and O–H groups in total. The van der Waals surface area contributed by atoms with Gasteiger partial charge in [0.05, 0.1) is 24.4 Å². The molecule has 2 aromatic rings. The highest BCUT2D eigenvalue weighted by Crippen LogP contribution is 2.43. The summed E-state index contributed by atoms with van der Waals surface area (Å²) in [5, 5.41) is 13.6. The number of rotatable bonds is 2. The van der Waals surface area contributed by atoms with Crippen molar-refractivity contribution in [3.8, 4) is 0 Å². The first-order chi connectivity index (χ1) is 11.1. The molecule has 8 heteroatoms. The Morgan fingerprint density at radius 3 is 3.13 bits per heavy atom. The number of hydrogen-bond acceptors (Lipinski definition) is 7. The van der Waals surface area contributed by atoms with Crippen molar-refractivity contribution in [3.63, 3.8) is 0 Å². The van der Waals surface area contributed by atoms with Crippen LogP contribution in [0, 0.1) is 5.92 Å². The van der Waals surface area contributed by atoms with Crippen molar-refractivity contribution >= 4 is 34.4 Å². The number of nitrogens with two attached hydrogens (primary N) is 1. The summed E-state index contributed by atoms with van der Waals surface area (Å²) in [6.45, 7) is 2.06. The monoisotopic (exact) mass is 315 g/mol. The predicted molar refractivity (Wildman–Crippen MR) is 87.0 cm³/mol. The molecule has 1 saturated heterocycles. The molecule has 1 fully saturated rings. The van der Waals surface area contributed by atoms with E-state index in [0.717, 1.165) is 6.42 Å². The van der Waals surface area contributed by atoms with E-state index >= 15 is 0 Å². The largest absolute Gasteiger partial charge is 0.398 e. The number of aliphatic hydroxyl groups excluding tert-OH is 1. The van der Waals surface area contributed by atoms with Crippen molar-refractivity contribution < 1.29 is 9.84 Å². The molecule has 0 aromatic carbocycles. The smallest absolute Gasteiger partial charge is 0.273 e. The Balaban J connectivity index is 1.96. The average molecular weight is 315 g/mol. The molecule has 0 bridgehead atoms. The zero-order valence-corrected chi connectivity index (χ0v) is 12.6. The summed E-state index contributed by atoms with van der Waals surface area (Å²) in [5.41, 5.74) is 5.99. The third-order valence-corrected chi connectivity index (χ3v) is 4.37. The van der Waals surface area contributed by atoms with Crippen molar-refractivity contribution in [2.45, 2.75) is 25.7 Å². The standard InChI is InChI=1S/C15H17N5O3/c1-7-2-8(5-21)23-15(7)20-4-9-10(16)3-11(22)19-13-12(9)14(20)18-6-17-13/h3-4,6-8,15,21H,2,5,16H2,1H3,(H,17,18,19,22). The summed E-state index contributed by atoms with van der Waals surface area (Å²) in [7, 11) is 0. The maximum Gasteiger partial charge on any atom is 0.273 e. The number of nitrogens with zero attached hydrogens (tertiary/aromatic N) is 3. The molecule has 2 aliphatic heterocycles. The molecule has 0 saturated carbocycles. The molecule has 0 aliphatic carbocycles. The summed E-state index contributed by atoms with van der Waals surface area (Å²) in [6.07, 6.45) is 3.69. The summed E-state index contributed by atoms with van der Waals surface area (Å²) in [5.74, 6) is 1.31. The van der Waals surface area contributed by atoms with Crippen molar-refractivity contribution in [2.24, 2.45) is 10.9 Å². The van der Waals surface area contributed by atoms with Crippen molar-refractivity contribution in [1.82, 2.24) is 9.55 Å². The maximum atomic E-state index is 11.8. The predicted octanol–water partition coefficient (Wildman–Crippen LogP) is 0.980. The second kappa shape index (κ2) is 5.04. The van der Waals surface area contributed by atoms with E-state index < -0.39 is 5.56 Å². The number of aliphatic imine (C=N–C) groups is 1.